The van der Waals surface area contributed by atoms with E-state index in [-0.39, 0.29) is 0 Å². The number of benzene rings is 1. The van der Waals surface area contributed by atoms with Gasteiger partial charge in [-0.3, -0.25) is 4.79 Å². The van der Waals surface area contributed by atoms with E-state index in [0.29, 0.717) is 6.54 Å². The molecule has 0 aliphatic carbocycles. The van der Waals surface area contributed by atoms with Gasteiger partial charge in [-0.2, -0.15) is 5.10 Å². The molecule has 80 valence electrons. The second-order valence-electron chi connectivity index (χ2n) is 3.32. The number of rotatable bonds is 5. The first-order chi connectivity index (χ1) is 7.27. The molecule has 0 bridgehead atoms. The average molecular weight is 204 g/mol. The Kier molecular flexibility index (Phi) is 4.54. The zero-order valence-electron chi connectivity index (χ0n) is 9.18. The number of carbonyl (C=O) groups excluding carboxylic acids is 1. The Bertz CT molecular complexity index is 333. The summed E-state index contributed by atoms with van der Waals surface area (Å²) in [4.78, 5) is 10.7. The number of hydrogen-bond donors (Lipinski definition) is 0. The molecule has 1 aromatic rings. The first kappa shape index (κ1) is 11.4. The number of hydrogen-bond acceptors (Lipinski definition) is 2. The van der Waals surface area contributed by atoms with Crippen LogP contribution in [0.3, 0.4) is 0 Å². The van der Waals surface area contributed by atoms with Crippen molar-refractivity contribution in [1.29, 1.82) is 0 Å². The highest BCUT2D eigenvalue weighted by molar-refractivity contribution is 5.98. The lowest BCUT2D eigenvalue weighted by Crippen LogP contribution is -2.18. The SMILES string of the molecule is CCCN(C=O)/N=C(/C)c1ccccc1. The molecule has 0 radical (unpaired) electrons. The van der Waals surface area contributed by atoms with Crippen LogP contribution in [0.25, 0.3) is 0 Å². The van der Waals surface area contributed by atoms with Gasteiger partial charge in [-0.15, -0.1) is 0 Å². The lowest BCUT2D eigenvalue weighted by atomic mass is 10.1. The van der Waals surface area contributed by atoms with Gasteiger partial charge in [0.1, 0.15) is 0 Å². The van der Waals surface area contributed by atoms with Crippen molar-refractivity contribution in [3.05, 3.63) is 35.9 Å². The van der Waals surface area contributed by atoms with E-state index < -0.39 is 0 Å². The van der Waals surface area contributed by atoms with Crippen molar-refractivity contribution in [2.75, 3.05) is 6.54 Å². The van der Waals surface area contributed by atoms with Crippen LogP contribution in [0.15, 0.2) is 35.4 Å². The van der Waals surface area contributed by atoms with Gasteiger partial charge in [0, 0.05) is 6.54 Å². The molecule has 0 aromatic heterocycles. The van der Waals surface area contributed by atoms with E-state index in [1.807, 2.05) is 44.2 Å². The molecule has 0 atom stereocenters. The lowest BCUT2D eigenvalue weighted by Gasteiger charge is -2.11. The summed E-state index contributed by atoms with van der Waals surface area (Å²) in [6.07, 6.45) is 1.67. The first-order valence-corrected chi connectivity index (χ1v) is 5.10. The van der Waals surface area contributed by atoms with Gasteiger partial charge in [-0.1, -0.05) is 37.3 Å². The molecule has 0 spiro atoms. The maximum Gasteiger partial charge on any atom is 0.229 e. The van der Waals surface area contributed by atoms with E-state index in [0.717, 1.165) is 24.1 Å². The molecule has 0 aliphatic rings. The summed E-state index contributed by atoms with van der Waals surface area (Å²) in [6, 6.07) is 9.83. The summed E-state index contributed by atoms with van der Waals surface area (Å²) < 4.78 is 0. The maximum atomic E-state index is 10.7. The van der Waals surface area contributed by atoms with Crippen LogP contribution in [-0.2, 0) is 4.79 Å². The molecular weight excluding hydrogens is 188 g/mol. The van der Waals surface area contributed by atoms with Crippen LogP contribution in [0.4, 0.5) is 0 Å². The first-order valence-electron chi connectivity index (χ1n) is 5.10. The van der Waals surface area contributed by atoms with Crippen molar-refractivity contribution in [2.45, 2.75) is 20.3 Å². The fourth-order valence-corrected chi connectivity index (χ4v) is 1.29. The minimum Gasteiger partial charge on any atom is -0.277 e. The molecule has 1 aromatic carbocycles. The normalized spacial score (nSPS) is 11.2. The van der Waals surface area contributed by atoms with Crippen molar-refractivity contribution in [2.24, 2.45) is 5.10 Å². The third-order valence-electron chi connectivity index (χ3n) is 2.04. The Morgan fingerprint density at radius 2 is 2.07 bits per heavy atom. The van der Waals surface area contributed by atoms with Gasteiger partial charge in [0.25, 0.3) is 0 Å². The van der Waals surface area contributed by atoms with Crippen molar-refractivity contribution < 1.29 is 4.79 Å². The summed E-state index contributed by atoms with van der Waals surface area (Å²) in [5.74, 6) is 0. The maximum absolute atomic E-state index is 10.7. The van der Waals surface area contributed by atoms with E-state index in [2.05, 4.69) is 5.10 Å². The molecule has 0 N–H and O–H groups in total. The standard InChI is InChI=1S/C12H16N2O/c1-3-9-14(10-15)13-11(2)12-7-5-4-6-8-12/h4-8,10H,3,9H2,1-2H3/b13-11-. The van der Waals surface area contributed by atoms with E-state index >= 15 is 0 Å². The largest absolute Gasteiger partial charge is 0.277 e. The summed E-state index contributed by atoms with van der Waals surface area (Å²) in [6.45, 7) is 4.58. The van der Waals surface area contributed by atoms with Gasteiger partial charge < -0.3 is 0 Å². The summed E-state index contributed by atoms with van der Waals surface area (Å²) in [7, 11) is 0. The number of hydrazone groups is 1. The Hall–Kier alpha value is -1.64. The number of amides is 1. The van der Waals surface area contributed by atoms with Crippen molar-refractivity contribution in [3.8, 4) is 0 Å². The van der Waals surface area contributed by atoms with Crippen LogP contribution in [0.2, 0.25) is 0 Å². The highest BCUT2D eigenvalue weighted by Gasteiger charge is 2.00. The minimum absolute atomic E-state index is 0.660. The molecule has 1 rings (SSSR count). The van der Waals surface area contributed by atoms with Gasteiger partial charge in [0.05, 0.1) is 5.71 Å². The van der Waals surface area contributed by atoms with E-state index in [1.165, 1.54) is 5.01 Å². The summed E-state index contributed by atoms with van der Waals surface area (Å²) in [5, 5.41) is 5.67. The topological polar surface area (TPSA) is 32.7 Å². The molecule has 0 saturated heterocycles. The smallest absolute Gasteiger partial charge is 0.229 e. The zero-order valence-corrected chi connectivity index (χ0v) is 9.18. The predicted octanol–water partition coefficient (Wildman–Crippen LogP) is 2.28. The van der Waals surface area contributed by atoms with Crippen LogP contribution >= 0.6 is 0 Å². The van der Waals surface area contributed by atoms with Crippen LogP contribution in [0.5, 0.6) is 0 Å². The van der Waals surface area contributed by atoms with Crippen LogP contribution < -0.4 is 0 Å². The van der Waals surface area contributed by atoms with Crippen LogP contribution in [-0.4, -0.2) is 23.7 Å². The van der Waals surface area contributed by atoms with Gasteiger partial charge in [0.2, 0.25) is 6.41 Å². The second kappa shape index (κ2) is 5.96. The molecule has 0 heterocycles. The molecule has 3 heteroatoms. The highest BCUT2D eigenvalue weighted by Crippen LogP contribution is 2.02. The van der Waals surface area contributed by atoms with E-state index in [4.69, 9.17) is 0 Å². The highest BCUT2D eigenvalue weighted by atomic mass is 16.1. The third kappa shape index (κ3) is 3.54. The van der Waals surface area contributed by atoms with E-state index in [1.54, 1.807) is 0 Å². The predicted molar refractivity (Wildman–Crippen MR) is 61.7 cm³/mol. The molecule has 0 aliphatic heterocycles. The van der Waals surface area contributed by atoms with Gasteiger partial charge in [-0.25, -0.2) is 5.01 Å². The fraction of sp³-hybridized carbons (Fsp3) is 0.333. The summed E-state index contributed by atoms with van der Waals surface area (Å²) >= 11 is 0. The number of nitrogens with zero attached hydrogens (tertiary/aromatic N) is 2. The van der Waals surface area contributed by atoms with Crippen molar-refractivity contribution in [3.63, 3.8) is 0 Å². The molecule has 0 fully saturated rings. The minimum atomic E-state index is 0.660. The molecule has 1 amide bonds. The van der Waals surface area contributed by atoms with Gasteiger partial charge >= 0.3 is 0 Å². The Morgan fingerprint density at radius 1 is 1.40 bits per heavy atom. The van der Waals surface area contributed by atoms with Gasteiger partial charge in [0.15, 0.2) is 0 Å². The Morgan fingerprint density at radius 3 is 2.60 bits per heavy atom. The lowest BCUT2D eigenvalue weighted by molar-refractivity contribution is -0.118. The quantitative estimate of drug-likeness (QED) is 0.411. The summed E-state index contributed by atoms with van der Waals surface area (Å²) in [5.41, 5.74) is 1.90. The van der Waals surface area contributed by atoms with Crippen molar-refractivity contribution >= 4 is 12.1 Å². The Labute approximate surface area is 90.4 Å². The molecular formula is C12H16N2O. The van der Waals surface area contributed by atoms with Gasteiger partial charge in [-0.05, 0) is 18.9 Å². The van der Waals surface area contributed by atoms with E-state index in [9.17, 15) is 4.79 Å². The van der Waals surface area contributed by atoms with Crippen LogP contribution in [0, 0.1) is 0 Å². The fourth-order valence-electron chi connectivity index (χ4n) is 1.29. The van der Waals surface area contributed by atoms with Crippen LogP contribution in [0.1, 0.15) is 25.8 Å². The molecule has 0 saturated carbocycles. The second-order valence-corrected chi connectivity index (χ2v) is 3.32. The monoisotopic (exact) mass is 204 g/mol. The molecule has 3 nitrogen and oxygen atoms in total. The Balaban J connectivity index is 2.78. The molecule has 15 heavy (non-hydrogen) atoms. The third-order valence-corrected chi connectivity index (χ3v) is 2.04. The number of carbonyl (C=O) groups is 1. The molecule has 0 unspecified atom stereocenters. The van der Waals surface area contributed by atoms with Crippen molar-refractivity contribution in [1.82, 2.24) is 5.01 Å². The zero-order chi connectivity index (χ0) is 11.1. The average Bonchev–Trinajstić information content (AvgIpc) is 2.29.